The molecule has 0 aromatic carbocycles. The third-order valence-electron chi connectivity index (χ3n) is 2.05. The molecule has 0 amide bonds. The molecule has 0 saturated heterocycles. The molecule has 0 saturated carbocycles. The van der Waals surface area contributed by atoms with E-state index in [0.717, 1.165) is 0 Å². The molecule has 9 heteroatoms. The predicted octanol–water partition coefficient (Wildman–Crippen LogP) is -1.02. The van der Waals surface area contributed by atoms with Gasteiger partial charge in [0.2, 0.25) is 11.9 Å². The first-order valence-corrected chi connectivity index (χ1v) is 5.37. The van der Waals surface area contributed by atoms with Gasteiger partial charge in [-0.15, -0.1) is 0 Å². The van der Waals surface area contributed by atoms with E-state index in [1.54, 1.807) is 0 Å². The lowest BCUT2D eigenvalue weighted by Gasteiger charge is -2.10. The first-order valence-electron chi connectivity index (χ1n) is 5.37. The van der Waals surface area contributed by atoms with Gasteiger partial charge in [-0.3, -0.25) is 5.43 Å². The molecule has 102 valence electrons. The van der Waals surface area contributed by atoms with Crippen LogP contribution in [-0.4, -0.2) is 53.5 Å². The van der Waals surface area contributed by atoms with E-state index < -0.39 is 6.10 Å². The summed E-state index contributed by atoms with van der Waals surface area (Å²) < 4.78 is 9.71. The topological polar surface area (TPSA) is 127 Å². The van der Waals surface area contributed by atoms with Gasteiger partial charge in [-0.05, 0) is 6.42 Å². The summed E-state index contributed by atoms with van der Waals surface area (Å²) in [6, 6.07) is 0.151. The lowest BCUT2D eigenvalue weighted by Crippen LogP contribution is -2.20. The molecule has 18 heavy (non-hydrogen) atoms. The molecule has 1 rings (SSSR count). The monoisotopic (exact) mass is 258 g/mol. The minimum absolute atomic E-state index is 0.151. The molecule has 1 unspecified atom stereocenters. The van der Waals surface area contributed by atoms with Crippen molar-refractivity contribution in [2.75, 3.05) is 38.1 Å². The van der Waals surface area contributed by atoms with Crippen LogP contribution in [0.1, 0.15) is 6.42 Å². The maximum Gasteiger partial charge on any atom is 0.322 e. The number of aliphatic hydroxyl groups excluding tert-OH is 1. The smallest absolute Gasteiger partial charge is 0.322 e. The van der Waals surface area contributed by atoms with Crippen LogP contribution in [0.2, 0.25) is 0 Å². The molecule has 0 fully saturated rings. The van der Waals surface area contributed by atoms with E-state index in [-0.39, 0.29) is 18.6 Å². The second kappa shape index (κ2) is 7.58. The lowest BCUT2D eigenvalue weighted by atomic mass is 10.3. The third kappa shape index (κ3) is 4.65. The quantitative estimate of drug-likeness (QED) is 0.342. The number of hydrazine groups is 1. The molecule has 1 aromatic rings. The minimum Gasteiger partial charge on any atom is -0.467 e. The maximum absolute atomic E-state index is 9.45. The van der Waals surface area contributed by atoms with E-state index in [1.807, 2.05) is 0 Å². The molecule has 1 heterocycles. The van der Waals surface area contributed by atoms with Gasteiger partial charge in [-0.2, -0.15) is 15.0 Å². The van der Waals surface area contributed by atoms with E-state index in [2.05, 4.69) is 25.7 Å². The average molecular weight is 258 g/mol. The number of rotatable bonds is 8. The van der Waals surface area contributed by atoms with Crippen LogP contribution in [0.5, 0.6) is 6.01 Å². The summed E-state index contributed by atoms with van der Waals surface area (Å²) in [7, 11) is 2.98. The molecule has 0 radical (unpaired) electrons. The van der Waals surface area contributed by atoms with Crippen LogP contribution in [-0.2, 0) is 4.74 Å². The summed E-state index contributed by atoms with van der Waals surface area (Å²) in [4.78, 5) is 11.8. The molecule has 0 bridgehead atoms. The molecule has 0 aliphatic carbocycles. The number of aromatic nitrogens is 3. The van der Waals surface area contributed by atoms with Crippen LogP contribution in [0.4, 0.5) is 11.9 Å². The van der Waals surface area contributed by atoms with Crippen molar-refractivity contribution in [1.82, 2.24) is 15.0 Å². The van der Waals surface area contributed by atoms with E-state index in [4.69, 9.17) is 15.3 Å². The van der Waals surface area contributed by atoms with Crippen molar-refractivity contribution in [2.45, 2.75) is 12.5 Å². The number of nitrogens with zero attached hydrogens (tertiary/aromatic N) is 3. The van der Waals surface area contributed by atoms with Gasteiger partial charge < -0.3 is 19.9 Å². The van der Waals surface area contributed by atoms with Crippen molar-refractivity contribution >= 4 is 11.9 Å². The van der Waals surface area contributed by atoms with Gasteiger partial charge in [0.05, 0.1) is 19.8 Å². The maximum atomic E-state index is 9.45. The van der Waals surface area contributed by atoms with Gasteiger partial charge in [0, 0.05) is 13.7 Å². The summed E-state index contributed by atoms with van der Waals surface area (Å²) in [6.45, 7) is 0.777. The highest BCUT2D eigenvalue weighted by atomic mass is 16.5. The number of nitrogens with one attached hydrogen (secondary N) is 2. The second-order valence-electron chi connectivity index (χ2n) is 3.44. The van der Waals surface area contributed by atoms with Crippen molar-refractivity contribution in [3.05, 3.63) is 0 Å². The Morgan fingerprint density at radius 2 is 2.00 bits per heavy atom. The minimum atomic E-state index is -0.529. The number of nitrogens with two attached hydrogens (primary N) is 1. The Morgan fingerprint density at radius 1 is 1.28 bits per heavy atom. The van der Waals surface area contributed by atoms with Crippen molar-refractivity contribution in [3.63, 3.8) is 0 Å². The number of methoxy groups -OCH3 is 2. The van der Waals surface area contributed by atoms with Crippen molar-refractivity contribution in [1.29, 1.82) is 0 Å². The van der Waals surface area contributed by atoms with E-state index >= 15 is 0 Å². The predicted molar refractivity (Wildman–Crippen MR) is 65.2 cm³/mol. The van der Waals surface area contributed by atoms with Crippen LogP contribution in [0.25, 0.3) is 0 Å². The largest absolute Gasteiger partial charge is 0.467 e. The Bertz CT molecular complexity index is 342. The molecule has 1 aromatic heterocycles. The average Bonchev–Trinajstić information content (AvgIpc) is 2.38. The zero-order valence-corrected chi connectivity index (χ0v) is 10.4. The first kappa shape index (κ1) is 14.4. The molecule has 1 atom stereocenters. The zero-order chi connectivity index (χ0) is 13.4. The van der Waals surface area contributed by atoms with Crippen LogP contribution in [0.3, 0.4) is 0 Å². The normalized spacial score (nSPS) is 12.0. The Balaban J connectivity index is 2.50. The lowest BCUT2D eigenvalue weighted by molar-refractivity contribution is 0.0615. The Hall–Kier alpha value is -1.71. The number of anilines is 2. The Morgan fingerprint density at radius 3 is 2.61 bits per heavy atom. The fourth-order valence-corrected chi connectivity index (χ4v) is 1.22. The van der Waals surface area contributed by atoms with E-state index in [1.165, 1.54) is 14.2 Å². The number of hydrogen-bond acceptors (Lipinski definition) is 9. The standard InChI is InChI=1S/C9H18N6O3/c1-17-5-6(16)3-4-11-7-12-8(15-10)14-9(13-7)18-2/h6,16H,3-5,10H2,1-2H3,(H2,11,12,13,14,15). The van der Waals surface area contributed by atoms with Gasteiger partial charge in [0.15, 0.2) is 0 Å². The van der Waals surface area contributed by atoms with Crippen LogP contribution in [0, 0.1) is 0 Å². The Kier molecular flexibility index (Phi) is 6.05. The summed E-state index contributed by atoms with van der Waals surface area (Å²) >= 11 is 0. The SMILES string of the molecule is COCC(O)CCNc1nc(NN)nc(OC)n1. The number of ether oxygens (including phenoxy) is 2. The molecule has 0 aliphatic heterocycles. The Labute approximate surface area is 105 Å². The molecule has 9 nitrogen and oxygen atoms in total. The zero-order valence-electron chi connectivity index (χ0n) is 10.4. The summed E-state index contributed by atoms with van der Waals surface area (Å²) in [5, 5.41) is 12.4. The van der Waals surface area contributed by atoms with Gasteiger partial charge in [0.25, 0.3) is 0 Å². The van der Waals surface area contributed by atoms with Crippen LogP contribution >= 0.6 is 0 Å². The first-order chi connectivity index (χ1) is 8.69. The van der Waals surface area contributed by atoms with Gasteiger partial charge in [-0.25, -0.2) is 5.84 Å². The van der Waals surface area contributed by atoms with Crippen LogP contribution < -0.4 is 21.3 Å². The van der Waals surface area contributed by atoms with Crippen molar-refractivity contribution in [2.24, 2.45) is 5.84 Å². The second-order valence-corrected chi connectivity index (χ2v) is 3.44. The highest BCUT2D eigenvalue weighted by molar-refractivity contribution is 5.34. The molecular weight excluding hydrogens is 240 g/mol. The fourth-order valence-electron chi connectivity index (χ4n) is 1.22. The molecule has 0 aliphatic rings. The third-order valence-corrected chi connectivity index (χ3v) is 2.05. The summed E-state index contributed by atoms with van der Waals surface area (Å²) in [6.07, 6.45) is -0.0221. The number of hydrogen-bond donors (Lipinski definition) is 4. The van der Waals surface area contributed by atoms with Gasteiger partial charge in [0.1, 0.15) is 0 Å². The van der Waals surface area contributed by atoms with Gasteiger partial charge in [-0.1, -0.05) is 0 Å². The van der Waals surface area contributed by atoms with Crippen molar-refractivity contribution in [3.8, 4) is 6.01 Å². The highest BCUT2D eigenvalue weighted by Gasteiger charge is 2.07. The van der Waals surface area contributed by atoms with E-state index in [0.29, 0.717) is 18.9 Å². The number of aliphatic hydroxyl groups is 1. The molecular formula is C9H18N6O3. The summed E-state index contributed by atoms with van der Waals surface area (Å²) in [5.41, 5.74) is 2.31. The molecule has 5 N–H and O–H groups in total. The van der Waals surface area contributed by atoms with Gasteiger partial charge >= 0.3 is 6.01 Å². The van der Waals surface area contributed by atoms with Crippen LogP contribution in [0.15, 0.2) is 0 Å². The summed E-state index contributed by atoms with van der Waals surface area (Å²) in [5.74, 6) is 5.73. The molecule has 0 spiro atoms. The van der Waals surface area contributed by atoms with Crippen molar-refractivity contribution < 1.29 is 14.6 Å². The fraction of sp³-hybridized carbons (Fsp3) is 0.667. The highest BCUT2D eigenvalue weighted by Crippen LogP contribution is 2.09. The van der Waals surface area contributed by atoms with E-state index in [9.17, 15) is 5.11 Å². The number of nitrogen functional groups attached to an aromatic ring is 1.